The maximum absolute atomic E-state index is 12.1. The molecule has 0 atom stereocenters. The van der Waals surface area contributed by atoms with Gasteiger partial charge in [0, 0.05) is 51.1 Å². The molecule has 0 saturated carbocycles. The number of hydrogen-bond donors (Lipinski definition) is 2. The monoisotopic (exact) mass is 506 g/mol. The van der Waals surface area contributed by atoms with Crippen molar-refractivity contribution in [2.45, 2.75) is 39.0 Å². The van der Waals surface area contributed by atoms with Crippen LogP contribution < -0.4 is 15.5 Å². The van der Waals surface area contributed by atoms with Crippen LogP contribution in [0, 0.1) is 0 Å². The largest absolute Gasteiger partial charge is 0.357 e. The molecule has 0 unspecified atom stereocenters. The number of nitrogens with one attached hydrogen (secondary N) is 2. The van der Waals surface area contributed by atoms with Crippen molar-refractivity contribution in [1.29, 1.82) is 0 Å². The van der Waals surface area contributed by atoms with Gasteiger partial charge in [-0.3, -0.25) is 4.79 Å². The Morgan fingerprint density at radius 2 is 1.89 bits per heavy atom. The maximum atomic E-state index is 12.1. The molecule has 2 aliphatic rings. The lowest BCUT2D eigenvalue weighted by atomic mass is 10.3. The summed E-state index contributed by atoms with van der Waals surface area (Å²) < 4.78 is 0. The second-order valence-corrected chi connectivity index (χ2v) is 7.61. The number of halogens is 1. The van der Waals surface area contributed by atoms with Gasteiger partial charge in [0.15, 0.2) is 11.1 Å². The number of carbonyl (C=O) groups is 1. The number of aliphatic imine (C=N–C) groups is 1. The Bertz CT molecular complexity index is 611. The fraction of sp³-hybridized carbons (Fsp3) is 0.722. The smallest absolute Gasteiger partial charge is 0.244 e. The number of nitrogens with zero attached hydrogens (tertiary/aromatic N) is 4. The highest BCUT2D eigenvalue weighted by atomic mass is 127. The summed E-state index contributed by atoms with van der Waals surface area (Å²) in [5.74, 6) is 0.824. The number of thiazole rings is 1. The van der Waals surface area contributed by atoms with E-state index in [4.69, 9.17) is 4.98 Å². The zero-order valence-electron chi connectivity index (χ0n) is 16.1. The minimum absolute atomic E-state index is 0. The summed E-state index contributed by atoms with van der Waals surface area (Å²) >= 11 is 1.74. The molecule has 2 saturated heterocycles. The van der Waals surface area contributed by atoms with Gasteiger partial charge >= 0.3 is 0 Å². The van der Waals surface area contributed by atoms with E-state index in [9.17, 15) is 4.79 Å². The van der Waals surface area contributed by atoms with E-state index in [2.05, 4.69) is 25.9 Å². The summed E-state index contributed by atoms with van der Waals surface area (Å²) in [6, 6.07) is 0. The molecular weight excluding hydrogens is 475 g/mol. The molecule has 1 amide bonds. The van der Waals surface area contributed by atoms with Crippen LogP contribution in [0.4, 0.5) is 5.13 Å². The summed E-state index contributed by atoms with van der Waals surface area (Å²) in [5, 5.41) is 9.82. The van der Waals surface area contributed by atoms with Gasteiger partial charge in [-0.25, -0.2) is 9.98 Å². The molecule has 2 aliphatic heterocycles. The van der Waals surface area contributed by atoms with Crippen LogP contribution in [0.2, 0.25) is 0 Å². The number of hydrogen-bond acceptors (Lipinski definition) is 5. The van der Waals surface area contributed by atoms with E-state index in [1.807, 2.05) is 11.8 Å². The van der Waals surface area contributed by atoms with Crippen molar-refractivity contribution in [3.8, 4) is 0 Å². The summed E-state index contributed by atoms with van der Waals surface area (Å²) in [4.78, 5) is 25.6. The molecule has 27 heavy (non-hydrogen) atoms. The quantitative estimate of drug-likeness (QED) is 0.337. The van der Waals surface area contributed by atoms with Gasteiger partial charge in [0.2, 0.25) is 5.91 Å². The van der Waals surface area contributed by atoms with Crippen LogP contribution in [-0.2, 0) is 11.2 Å². The minimum atomic E-state index is 0. The lowest BCUT2D eigenvalue weighted by Crippen LogP contribution is -2.39. The van der Waals surface area contributed by atoms with Gasteiger partial charge in [-0.15, -0.1) is 35.3 Å². The van der Waals surface area contributed by atoms with Gasteiger partial charge < -0.3 is 20.4 Å². The molecular formula is C18H31IN6OS. The molecule has 1 aromatic heterocycles. The SMILES string of the molecule is CCNC(=NCC(=O)N1CCCC1)NCCc1csc(N2CCCC2)n1.I. The number of carbonyl (C=O) groups excluding carboxylic acids is 1. The van der Waals surface area contributed by atoms with Crippen molar-refractivity contribution in [2.24, 2.45) is 4.99 Å². The molecule has 7 nitrogen and oxygen atoms in total. The summed E-state index contributed by atoms with van der Waals surface area (Å²) in [7, 11) is 0. The molecule has 0 radical (unpaired) electrons. The Labute approximate surface area is 183 Å². The Kier molecular flexibility index (Phi) is 9.60. The molecule has 152 valence electrons. The Balaban J connectivity index is 0.00000261. The van der Waals surface area contributed by atoms with E-state index in [1.165, 1.54) is 12.8 Å². The fourth-order valence-electron chi connectivity index (χ4n) is 3.33. The van der Waals surface area contributed by atoms with Crippen LogP contribution in [0.5, 0.6) is 0 Å². The lowest BCUT2D eigenvalue weighted by molar-refractivity contribution is -0.128. The van der Waals surface area contributed by atoms with Crippen LogP contribution in [-0.4, -0.2) is 67.6 Å². The number of aromatic nitrogens is 1. The zero-order valence-corrected chi connectivity index (χ0v) is 19.2. The predicted octanol–water partition coefficient (Wildman–Crippen LogP) is 2.08. The van der Waals surface area contributed by atoms with Crippen molar-refractivity contribution in [2.75, 3.05) is 50.7 Å². The van der Waals surface area contributed by atoms with Crippen molar-refractivity contribution in [1.82, 2.24) is 20.5 Å². The van der Waals surface area contributed by atoms with Crippen LogP contribution in [0.15, 0.2) is 10.4 Å². The number of likely N-dealkylation sites (tertiary alicyclic amines) is 1. The second-order valence-electron chi connectivity index (χ2n) is 6.78. The van der Waals surface area contributed by atoms with Crippen LogP contribution >= 0.6 is 35.3 Å². The first-order valence-corrected chi connectivity index (χ1v) is 10.6. The molecule has 2 N–H and O–H groups in total. The number of guanidine groups is 1. The number of anilines is 1. The Morgan fingerprint density at radius 1 is 1.19 bits per heavy atom. The van der Waals surface area contributed by atoms with Crippen LogP contribution in [0.25, 0.3) is 0 Å². The van der Waals surface area contributed by atoms with Crippen molar-refractivity contribution < 1.29 is 4.79 Å². The minimum Gasteiger partial charge on any atom is -0.357 e. The third-order valence-corrected chi connectivity index (χ3v) is 5.72. The Morgan fingerprint density at radius 3 is 2.59 bits per heavy atom. The Hall–Kier alpha value is -1.10. The molecule has 1 aromatic rings. The number of amides is 1. The molecule has 9 heteroatoms. The highest BCUT2D eigenvalue weighted by molar-refractivity contribution is 14.0. The van der Waals surface area contributed by atoms with E-state index in [-0.39, 0.29) is 36.4 Å². The topological polar surface area (TPSA) is 72.9 Å². The first-order chi connectivity index (χ1) is 12.8. The van der Waals surface area contributed by atoms with E-state index in [0.29, 0.717) is 5.96 Å². The first kappa shape index (κ1) is 22.2. The van der Waals surface area contributed by atoms with Crippen molar-refractivity contribution >= 4 is 52.3 Å². The molecule has 0 aliphatic carbocycles. The summed E-state index contributed by atoms with van der Waals surface area (Å²) in [6.45, 7) is 7.80. The normalized spacial score (nSPS) is 17.1. The van der Waals surface area contributed by atoms with E-state index >= 15 is 0 Å². The molecule has 3 rings (SSSR count). The van der Waals surface area contributed by atoms with Crippen LogP contribution in [0.3, 0.4) is 0 Å². The van der Waals surface area contributed by atoms with Crippen LogP contribution in [0.1, 0.15) is 38.3 Å². The molecule has 0 spiro atoms. The molecule has 0 aromatic carbocycles. The third-order valence-electron chi connectivity index (χ3n) is 4.77. The lowest BCUT2D eigenvalue weighted by Gasteiger charge is -2.15. The highest BCUT2D eigenvalue weighted by Gasteiger charge is 2.17. The summed E-state index contributed by atoms with van der Waals surface area (Å²) in [5.41, 5.74) is 1.12. The van der Waals surface area contributed by atoms with E-state index in [0.717, 1.165) is 69.4 Å². The van der Waals surface area contributed by atoms with E-state index in [1.54, 1.807) is 11.3 Å². The van der Waals surface area contributed by atoms with Gasteiger partial charge in [-0.2, -0.15) is 0 Å². The van der Waals surface area contributed by atoms with Crippen molar-refractivity contribution in [3.05, 3.63) is 11.1 Å². The predicted molar refractivity (Wildman–Crippen MR) is 122 cm³/mol. The van der Waals surface area contributed by atoms with Crippen molar-refractivity contribution in [3.63, 3.8) is 0 Å². The maximum Gasteiger partial charge on any atom is 0.244 e. The average Bonchev–Trinajstić information content (AvgIpc) is 3.41. The zero-order chi connectivity index (χ0) is 18.2. The van der Waals surface area contributed by atoms with Gasteiger partial charge in [-0.05, 0) is 32.6 Å². The van der Waals surface area contributed by atoms with Gasteiger partial charge in [-0.1, -0.05) is 0 Å². The highest BCUT2D eigenvalue weighted by Crippen LogP contribution is 2.24. The second kappa shape index (κ2) is 11.7. The molecule has 0 bridgehead atoms. The van der Waals surface area contributed by atoms with Gasteiger partial charge in [0.1, 0.15) is 6.54 Å². The molecule has 3 heterocycles. The summed E-state index contributed by atoms with van der Waals surface area (Å²) in [6.07, 6.45) is 5.63. The van der Waals surface area contributed by atoms with E-state index < -0.39 is 0 Å². The van der Waals surface area contributed by atoms with Gasteiger partial charge in [0.25, 0.3) is 0 Å². The first-order valence-electron chi connectivity index (χ1n) is 9.75. The fourth-order valence-corrected chi connectivity index (χ4v) is 4.24. The molecule has 2 fully saturated rings. The number of rotatable bonds is 7. The third kappa shape index (κ3) is 6.78. The standard InChI is InChI=1S/C18H30N6OS.HI/c1-2-19-17(21-13-16(25)23-9-3-4-10-23)20-8-7-15-14-26-18(22-15)24-11-5-6-12-24;/h14H,2-13H2,1H3,(H2,19,20,21);1H. The van der Waals surface area contributed by atoms with Gasteiger partial charge in [0.05, 0.1) is 5.69 Å². The average molecular weight is 506 g/mol.